The first-order valence-corrected chi connectivity index (χ1v) is 9.48. The summed E-state index contributed by atoms with van der Waals surface area (Å²) in [6, 6.07) is 0. The number of hydrogen-bond donors (Lipinski definition) is 6. The Morgan fingerprint density at radius 3 is 2.33 bits per heavy atom. The predicted molar refractivity (Wildman–Crippen MR) is 96.6 cm³/mol. The van der Waals surface area contributed by atoms with Crippen molar-refractivity contribution in [2.24, 2.45) is 11.3 Å². The van der Waals surface area contributed by atoms with Crippen LogP contribution in [-0.4, -0.2) is 85.8 Å². The van der Waals surface area contributed by atoms with E-state index in [0.717, 1.165) is 0 Å². The summed E-state index contributed by atoms with van der Waals surface area (Å²) >= 11 is 0. The van der Waals surface area contributed by atoms with Crippen molar-refractivity contribution in [3.8, 4) is 0 Å². The second-order valence-corrected chi connectivity index (χ2v) is 8.60. The van der Waals surface area contributed by atoms with Crippen molar-refractivity contribution in [1.82, 2.24) is 0 Å². The lowest BCUT2D eigenvalue weighted by Gasteiger charge is -2.50. The summed E-state index contributed by atoms with van der Waals surface area (Å²) in [5.41, 5.74) is -1.68. The maximum absolute atomic E-state index is 11.2. The second kappa shape index (κ2) is 8.42. The Kier molecular flexibility index (Phi) is 7.08. The lowest BCUT2D eigenvalue weighted by molar-refractivity contribution is -0.306. The van der Waals surface area contributed by atoms with Crippen LogP contribution in [0.1, 0.15) is 40.5 Å². The van der Waals surface area contributed by atoms with Crippen molar-refractivity contribution in [2.75, 3.05) is 6.61 Å². The fourth-order valence-electron chi connectivity index (χ4n) is 4.20. The minimum atomic E-state index is -1.50. The molecule has 2 fully saturated rings. The summed E-state index contributed by atoms with van der Waals surface area (Å²) in [6.07, 6.45) is -3.42. The van der Waals surface area contributed by atoms with Gasteiger partial charge in [-0.1, -0.05) is 32.9 Å². The van der Waals surface area contributed by atoms with Crippen LogP contribution in [0.2, 0.25) is 0 Å². The maximum Gasteiger partial charge on any atom is 0.187 e. The van der Waals surface area contributed by atoms with Crippen LogP contribution in [0.3, 0.4) is 0 Å². The molecule has 1 aliphatic carbocycles. The third-order valence-electron chi connectivity index (χ3n) is 6.03. The molecule has 0 bridgehead atoms. The van der Waals surface area contributed by atoms with Gasteiger partial charge < -0.3 is 40.1 Å². The predicted octanol–water partition coefficient (Wildman–Crippen LogP) is -0.704. The monoisotopic (exact) mass is 390 g/mol. The van der Waals surface area contributed by atoms with Gasteiger partial charge in [0.2, 0.25) is 0 Å². The summed E-state index contributed by atoms with van der Waals surface area (Å²) in [6.45, 7) is 6.86. The van der Waals surface area contributed by atoms with Crippen molar-refractivity contribution >= 4 is 0 Å². The molecule has 1 saturated carbocycles. The topological polar surface area (TPSA) is 140 Å². The van der Waals surface area contributed by atoms with E-state index < -0.39 is 60.5 Å². The van der Waals surface area contributed by atoms with Crippen molar-refractivity contribution < 1.29 is 40.1 Å². The number of ether oxygens (including phenoxy) is 2. The Hall–Kier alpha value is -0.580. The Labute approximate surface area is 160 Å². The Bertz CT molecular complexity index is 522. The van der Waals surface area contributed by atoms with Gasteiger partial charge in [-0.15, -0.1) is 0 Å². The van der Waals surface area contributed by atoms with Crippen LogP contribution in [0.4, 0.5) is 0 Å². The highest BCUT2D eigenvalue weighted by molar-refractivity contribution is 5.15. The van der Waals surface area contributed by atoms with Crippen LogP contribution in [0.25, 0.3) is 0 Å². The average Bonchev–Trinajstić information content (AvgIpc) is 2.58. The molecule has 0 radical (unpaired) electrons. The molecule has 2 aliphatic rings. The SMILES string of the molecule is C[C@H](/C=C/[C@@]1(O)[C@@H](C)C[C@@H](O)CC1(C)C)O[C@@H]1O[C@@H](CO)[C@@H](O)[C@@H](O)[C@@H]1O. The number of aliphatic hydroxyl groups excluding tert-OH is 5. The largest absolute Gasteiger partial charge is 0.394 e. The summed E-state index contributed by atoms with van der Waals surface area (Å²) in [4.78, 5) is 0. The first-order chi connectivity index (χ1) is 12.4. The van der Waals surface area contributed by atoms with E-state index >= 15 is 0 Å². The number of rotatable bonds is 5. The van der Waals surface area contributed by atoms with Gasteiger partial charge in [0, 0.05) is 0 Å². The quantitative estimate of drug-likeness (QED) is 0.339. The molecule has 1 saturated heterocycles. The molecule has 0 spiro atoms. The molecule has 0 unspecified atom stereocenters. The zero-order chi connectivity index (χ0) is 20.6. The summed E-state index contributed by atoms with van der Waals surface area (Å²) in [5.74, 6) is -0.160. The number of hydrogen-bond acceptors (Lipinski definition) is 8. The molecule has 0 amide bonds. The van der Waals surface area contributed by atoms with Crippen LogP contribution < -0.4 is 0 Å². The van der Waals surface area contributed by atoms with Crippen LogP contribution in [0, 0.1) is 11.3 Å². The molecular formula is C19H34O8. The molecule has 6 N–H and O–H groups in total. The maximum atomic E-state index is 11.2. The van der Waals surface area contributed by atoms with E-state index in [1.54, 1.807) is 19.1 Å². The van der Waals surface area contributed by atoms with Crippen LogP contribution in [0.5, 0.6) is 0 Å². The van der Waals surface area contributed by atoms with E-state index in [9.17, 15) is 30.6 Å². The lowest BCUT2D eigenvalue weighted by atomic mass is 9.60. The minimum absolute atomic E-state index is 0.160. The minimum Gasteiger partial charge on any atom is -0.394 e. The summed E-state index contributed by atoms with van der Waals surface area (Å²) < 4.78 is 10.9. The summed E-state index contributed by atoms with van der Waals surface area (Å²) in [5, 5.41) is 60.1. The molecular weight excluding hydrogens is 356 g/mol. The molecule has 9 atom stereocenters. The Morgan fingerprint density at radius 2 is 1.78 bits per heavy atom. The van der Waals surface area contributed by atoms with Crippen LogP contribution >= 0.6 is 0 Å². The molecule has 27 heavy (non-hydrogen) atoms. The zero-order valence-electron chi connectivity index (χ0n) is 16.4. The third kappa shape index (κ3) is 4.54. The Morgan fingerprint density at radius 1 is 1.15 bits per heavy atom. The highest BCUT2D eigenvalue weighted by atomic mass is 16.7. The number of aliphatic hydroxyl groups is 6. The molecule has 2 rings (SSSR count). The van der Waals surface area contributed by atoms with Crippen molar-refractivity contribution in [3.05, 3.63) is 12.2 Å². The average molecular weight is 390 g/mol. The first-order valence-electron chi connectivity index (χ1n) is 9.48. The highest BCUT2D eigenvalue weighted by Gasteiger charge is 2.50. The van der Waals surface area contributed by atoms with Gasteiger partial charge in [0.1, 0.15) is 24.4 Å². The van der Waals surface area contributed by atoms with Crippen LogP contribution in [-0.2, 0) is 9.47 Å². The molecule has 158 valence electrons. The smallest absolute Gasteiger partial charge is 0.187 e. The fourth-order valence-corrected chi connectivity index (χ4v) is 4.20. The van der Waals surface area contributed by atoms with Crippen molar-refractivity contribution in [2.45, 2.75) is 89.1 Å². The zero-order valence-corrected chi connectivity index (χ0v) is 16.4. The van der Waals surface area contributed by atoms with E-state index in [4.69, 9.17) is 9.47 Å². The van der Waals surface area contributed by atoms with Gasteiger partial charge >= 0.3 is 0 Å². The standard InChI is InChI=1S/C19H34O8/c1-10-7-12(21)8-18(3,4)19(10,25)6-5-11(2)26-17-16(24)15(23)14(22)13(9-20)27-17/h5-6,10-17,20-25H,7-9H2,1-4H3/b6-5+/t10-,11+,12+,13-,14+,15+,16-,17+,19+/m0/s1. The van der Waals surface area contributed by atoms with Gasteiger partial charge in [-0.25, -0.2) is 0 Å². The lowest BCUT2D eigenvalue weighted by Crippen LogP contribution is -2.59. The molecule has 8 heteroatoms. The molecule has 0 aromatic carbocycles. The molecule has 1 heterocycles. The van der Waals surface area contributed by atoms with Gasteiger partial charge in [-0.3, -0.25) is 0 Å². The highest BCUT2D eigenvalue weighted by Crippen LogP contribution is 2.48. The van der Waals surface area contributed by atoms with E-state index in [-0.39, 0.29) is 5.92 Å². The van der Waals surface area contributed by atoms with Crippen molar-refractivity contribution in [3.63, 3.8) is 0 Å². The first kappa shape index (κ1) is 22.7. The van der Waals surface area contributed by atoms with E-state index in [2.05, 4.69) is 0 Å². The van der Waals surface area contributed by atoms with Gasteiger partial charge in [-0.2, -0.15) is 0 Å². The fraction of sp³-hybridized carbons (Fsp3) is 0.895. The van der Waals surface area contributed by atoms with Gasteiger partial charge in [0.05, 0.1) is 24.4 Å². The second-order valence-electron chi connectivity index (χ2n) is 8.60. The van der Waals surface area contributed by atoms with E-state index in [1.807, 2.05) is 20.8 Å². The van der Waals surface area contributed by atoms with Gasteiger partial charge in [0.15, 0.2) is 6.29 Å². The van der Waals surface area contributed by atoms with Gasteiger partial charge in [-0.05, 0) is 31.1 Å². The molecule has 8 nitrogen and oxygen atoms in total. The normalized spacial score (nSPS) is 46.5. The summed E-state index contributed by atoms with van der Waals surface area (Å²) in [7, 11) is 0. The van der Waals surface area contributed by atoms with Gasteiger partial charge in [0.25, 0.3) is 0 Å². The molecule has 0 aromatic heterocycles. The van der Waals surface area contributed by atoms with E-state index in [1.165, 1.54) is 0 Å². The Balaban J connectivity index is 2.07. The third-order valence-corrected chi connectivity index (χ3v) is 6.03. The molecule has 1 aliphatic heterocycles. The molecule has 0 aromatic rings. The van der Waals surface area contributed by atoms with Crippen molar-refractivity contribution in [1.29, 1.82) is 0 Å². The van der Waals surface area contributed by atoms with Crippen LogP contribution in [0.15, 0.2) is 12.2 Å². The van der Waals surface area contributed by atoms with E-state index in [0.29, 0.717) is 12.8 Å².